The molecule has 1 saturated heterocycles. The van der Waals surface area contributed by atoms with Crippen LogP contribution in [0.3, 0.4) is 0 Å². The molecule has 0 aliphatic carbocycles. The van der Waals surface area contributed by atoms with Gasteiger partial charge >= 0.3 is 0 Å². The summed E-state index contributed by atoms with van der Waals surface area (Å²) in [6.07, 6.45) is 0.995. The molecular formula is C25H28FN3O. The van der Waals surface area contributed by atoms with E-state index in [4.69, 9.17) is 0 Å². The van der Waals surface area contributed by atoms with E-state index in [2.05, 4.69) is 5.32 Å². The van der Waals surface area contributed by atoms with Crippen LogP contribution in [0.2, 0.25) is 0 Å². The Bertz CT molecular complexity index is 1030. The summed E-state index contributed by atoms with van der Waals surface area (Å²) < 4.78 is 14.8. The van der Waals surface area contributed by atoms with Gasteiger partial charge in [-0.15, -0.1) is 0 Å². The second kappa shape index (κ2) is 8.67. The van der Waals surface area contributed by atoms with E-state index in [1.165, 1.54) is 11.0 Å². The summed E-state index contributed by atoms with van der Waals surface area (Å²) in [5.74, 6) is -0.471. The van der Waals surface area contributed by atoms with E-state index in [1.54, 1.807) is 19.2 Å². The third-order valence-electron chi connectivity index (χ3n) is 5.80. The first-order valence-corrected chi connectivity index (χ1v) is 10.2. The van der Waals surface area contributed by atoms with E-state index in [9.17, 15) is 9.18 Å². The Balaban J connectivity index is 0.00000272. The first-order chi connectivity index (χ1) is 14.6. The minimum atomic E-state index is -0.302. The fraction of sp³-hybridized carbons (Fsp3) is 0.240. The van der Waals surface area contributed by atoms with Crippen molar-refractivity contribution in [3.8, 4) is 11.1 Å². The standard InChI is InChI=1S/C25H26FN3O.H2/c1-27-21-14-15-29(17-21)24-13-12-22(16-23(24)26)28(2)25(30)20-10-8-19(9-11-20)18-6-4-3-5-7-18;/h3-13,16,21,27H,14-15,17H2,1-2H3;1H. The highest BCUT2D eigenvalue weighted by atomic mass is 19.1. The Labute approximate surface area is 178 Å². The largest absolute Gasteiger partial charge is 0.368 e. The number of carbonyl (C=O) groups excluding carboxylic acids is 1. The van der Waals surface area contributed by atoms with Gasteiger partial charge in [0.25, 0.3) is 5.91 Å². The lowest BCUT2D eigenvalue weighted by atomic mass is 10.0. The second-order valence-electron chi connectivity index (χ2n) is 7.66. The average molecular weight is 406 g/mol. The Morgan fingerprint density at radius 1 is 1.07 bits per heavy atom. The van der Waals surface area contributed by atoms with Crippen LogP contribution in [0, 0.1) is 5.82 Å². The highest BCUT2D eigenvalue weighted by molar-refractivity contribution is 6.06. The van der Waals surface area contributed by atoms with Gasteiger partial charge < -0.3 is 15.1 Å². The predicted molar refractivity (Wildman–Crippen MR) is 123 cm³/mol. The van der Waals surface area contributed by atoms with Crippen LogP contribution in [0.4, 0.5) is 15.8 Å². The van der Waals surface area contributed by atoms with Crippen molar-refractivity contribution in [1.82, 2.24) is 5.32 Å². The molecular weight excluding hydrogens is 377 g/mol. The molecule has 1 aliphatic heterocycles. The number of rotatable bonds is 5. The van der Waals surface area contributed by atoms with Gasteiger partial charge in [0.1, 0.15) is 5.82 Å². The van der Waals surface area contributed by atoms with Crippen molar-refractivity contribution < 1.29 is 10.6 Å². The lowest BCUT2D eigenvalue weighted by Crippen LogP contribution is -2.30. The molecule has 0 bridgehead atoms. The van der Waals surface area contributed by atoms with Crippen LogP contribution in [-0.2, 0) is 0 Å². The van der Waals surface area contributed by atoms with E-state index in [0.717, 1.165) is 30.6 Å². The summed E-state index contributed by atoms with van der Waals surface area (Å²) in [6.45, 7) is 1.61. The quantitative estimate of drug-likeness (QED) is 0.661. The molecule has 1 unspecified atom stereocenters. The van der Waals surface area contributed by atoms with Crippen molar-refractivity contribution in [2.24, 2.45) is 0 Å². The van der Waals surface area contributed by atoms with Gasteiger partial charge in [0.15, 0.2) is 0 Å². The molecule has 0 aromatic heterocycles. The molecule has 30 heavy (non-hydrogen) atoms. The van der Waals surface area contributed by atoms with E-state index in [1.807, 2.05) is 66.5 Å². The van der Waals surface area contributed by atoms with Gasteiger partial charge in [0, 0.05) is 38.9 Å². The summed E-state index contributed by atoms with van der Waals surface area (Å²) in [5, 5.41) is 3.24. The SMILES string of the molecule is CNC1CCN(c2ccc(N(C)C(=O)c3ccc(-c4ccccc4)cc3)cc2F)C1.[HH]. The zero-order chi connectivity index (χ0) is 21.1. The van der Waals surface area contributed by atoms with Crippen LogP contribution in [0.25, 0.3) is 11.1 Å². The molecule has 0 radical (unpaired) electrons. The number of amides is 1. The van der Waals surface area contributed by atoms with E-state index < -0.39 is 0 Å². The Hall–Kier alpha value is -3.18. The van der Waals surface area contributed by atoms with Crippen LogP contribution in [-0.4, -0.2) is 39.1 Å². The average Bonchev–Trinajstić information content (AvgIpc) is 3.28. The van der Waals surface area contributed by atoms with E-state index in [-0.39, 0.29) is 13.2 Å². The van der Waals surface area contributed by atoms with Crippen molar-refractivity contribution in [2.45, 2.75) is 12.5 Å². The third kappa shape index (κ3) is 4.07. The molecule has 0 spiro atoms. The molecule has 1 N–H and O–H groups in total. The number of hydrogen-bond donors (Lipinski definition) is 1. The van der Waals surface area contributed by atoms with Crippen LogP contribution in [0.1, 0.15) is 18.2 Å². The number of anilines is 2. The fourth-order valence-electron chi connectivity index (χ4n) is 3.92. The molecule has 1 atom stereocenters. The molecule has 3 aromatic carbocycles. The number of nitrogens with one attached hydrogen (secondary N) is 1. The Kier molecular flexibility index (Phi) is 5.81. The first kappa shape index (κ1) is 20.1. The van der Waals surface area contributed by atoms with Crippen molar-refractivity contribution in [3.63, 3.8) is 0 Å². The zero-order valence-corrected chi connectivity index (χ0v) is 17.3. The predicted octanol–water partition coefficient (Wildman–Crippen LogP) is 4.81. The maximum atomic E-state index is 14.8. The molecule has 3 aromatic rings. The van der Waals surface area contributed by atoms with Crippen molar-refractivity contribution in [2.75, 3.05) is 37.0 Å². The highest BCUT2D eigenvalue weighted by Crippen LogP contribution is 2.28. The topological polar surface area (TPSA) is 35.6 Å². The fourth-order valence-corrected chi connectivity index (χ4v) is 3.92. The maximum absolute atomic E-state index is 14.8. The monoisotopic (exact) mass is 405 g/mol. The lowest BCUT2D eigenvalue weighted by molar-refractivity contribution is 0.0993. The summed E-state index contributed by atoms with van der Waals surface area (Å²) in [4.78, 5) is 16.4. The minimum absolute atomic E-state index is 0. The van der Waals surface area contributed by atoms with Gasteiger partial charge in [-0.2, -0.15) is 0 Å². The van der Waals surface area contributed by atoms with Gasteiger partial charge in [-0.1, -0.05) is 42.5 Å². The second-order valence-corrected chi connectivity index (χ2v) is 7.66. The van der Waals surface area contributed by atoms with Gasteiger partial charge in [-0.05, 0) is 54.9 Å². The van der Waals surface area contributed by atoms with Crippen molar-refractivity contribution >= 4 is 17.3 Å². The number of halogens is 1. The van der Waals surface area contributed by atoms with Crippen LogP contribution in [0.15, 0.2) is 72.8 Å². The van der Waals surface area contributed by atoms with Crippen LogP contribution >= 0.6 is 0 Å². The maximum Gasteiger partial charge on any atom is 0.258 e. The van der Waals surface area contributed by atoms with Crippen LogP contribution < -0.4 is 15.1 Å². The summed E-state index contributed by atoms with van der Waals surface area (Å²) in [5.41, 5.74) is 3.85. The van der Waals surface area contributed by atoms with E-state index in [0.29, 0.717) is 23.0 Å². The van der Waals surface area contributed by atoms with E-state index >= 15 is 0 Å². The minimum Gasteiger partial charge on any atom is -0.368 e. The first-order valence-electron chi connectivity index (χ1n) is 10.2. The zero-order valence-electron chi connectivity index (χ0n) is 17.3. The Morgan fingerprint density at radius 3 is 2.40 bits per heavy atom. The van der Waals surface area contributed by atoms with Gasteiger partial charge in [-0.25, -0.2) is 4.39 Å². The third-order valence-corrected chi connectivity index (χ3v) is 5.80. The van der Waals surface area contributed by atoms with Gasteiger partial charge in [-0.3, -0.25) is 4.79 Å². The molecule has 1 heterocycles. The number of benzene rings is 3. The molecule has 4 nitrogen and oxygen atoms in total. The van der Waals surface area contributed by atoms with Gasteiger partial charge in [0.05, 0.1) is 5.69 Å². The summed E-state index contributed by atoms with van der Waals surface area (Å²) in [7, 11) is 3.61. The van der Waals surface area contributed by atoms with Gasteiger partial charge in [0.2, 0.25) is 0 Å². The number of hydrogen-bond acceptors (Lipinski definition) is 3. The summed E-state index contributed by atoms with van der Waals surface area (Å²) >= 11 is 0. The molecule has 1 amide bonds. The van der Waals surface area contributed by atoms with Crippen molar-refractivity contribution in [3.05, 3.63) is 84.2 Å². The number of carbonyl (C=O) groups is 1. The highest BCUT2D eigenvalue weighted by Gasteiger charge is 2.24. The molecule has 1 fully saturated rings. The van der Waals surface area contributed by atoms with Crippen molar-refractivity contribution in [1.29, 1.82) is 0 Å². The van der Waals surface area contributed by atoms with Crippen LogP contribution in [0.5, 0.6) is 0 Å². The Morgan fingerprint density at radius 2 is 1.77 bits per heavy atom. The number of nitrogens with zero attached hydrogens (tertiary/aromatic N) is 2. The smallest absolute Gasteiger partial charge is 0.258 e. The molecule has 5 heteroatoms. The normalized spacial score (nSPS) is 16.0. The molecule has 156 valence electrons. The summed E-state index contributed by atoms with van der Waals surface area (Å²) in [6, 6.07) is 22.9. The lowest BCUT2D eigenvalue weighted by Gasteiger charge is -2.22. The number of likely N-dealkylation sites (N-methyl/N-ethyl adjacent to an activating group) is 1. The molecule has 4 rings (SSSR count). The molecule has 0 saturated carbocycles. The molecule has 1 aliphatic rings.